The third-order valence-electron chi connectivity index (χ3n) is 8.78. The summed E-state index contributed by atoms with van der Waals surface area (Å²) in [7, 11) is 6.47. The van der Waals surface area contributed by atoms with Crippen LogP contribution in [-0.4, -0.2) is 75.3 Å². The van der Waals surface area contributed by atoms with Crippen LogP contribution in [-0.2, 0) is 20.7 Å². The molecule has 9 nitrogen and oxygen atoms in total. The number of nitrogens with zero attached hydrogens (tertiary/aromatic N) is 1. The summed E-state index contributed by atoms with van der Waals surface area (Å²) in [6.07, 6.45) is 0.186. The van der Waals surface area contributed by atoms with Gasteiger partial charge in [0.2, 0.25) is 0 Å². The summed E-state index contributed by atoms with van der Waals surface area (Å²) < 4.78 is 28.7. The SMILES string of the molecule is COc1ccc(C(OCCN2C[C@](O)(c3ccc(OC)cc3)C[C@@H]2CC(=O)O)(c2ccc(OC)cc2)c2ccc(OC)cc2)cc1. The summed E-state index contributed by atoms with van der Waals surface area (Å²) in [5, 5.41) is 21.5. The van der Waals surface area contributed by atoms with Crippen molar-refractivity contribution in [1.29, 1.82) is 0 Å². The van der Waals surface area contributed by atoms with E-state index in [0.29, 0.717) is 29.5 Å². The molecule has 1 aliphatic heterocycles. The highest BCUT2D eigenvalue weighted by Gasteiger charge is 2.45. The highest BCUT2D eigenvalue weighted by Crippen LogP contribution is 2.43. The van der Waals surface area contributed by atoms with E-state index in [1.54, 1.807) is 40.6 Å². The minimum Gasteiger partial charge on any atom is -0.497 e. The molecule has 0 amide bonds. The molecule has 242 valence electrons. The Hall–Kier alpha value is -4.57. The number of carboxylic acids is 1. The van der Waals surface area contributed by atoms with Crippen LogP contribution < -0.4 is 18.9 Å². The molecule has 0 radical (unpaired) electrons. The van der Waals surface area contributed by atoms with Gasteiger partial charge >= 0.3 is 5.97 Å². The number of carbonyl (C=O) groups is 1. The summed E-state index contributed by atoms with van der Waals surface area (Å²) in [5.41, 5.74) is 1.08. The van der Waals surface area contributed by atoms with Crippen LogP contribution in [0.3, 0.4) is 0 Å². The van der Waals surface area contributed by atoms with Gasteiger partial charge in [0, 0.05) is 19.1 Å². The van der Waals surface area contributed by atoms with Gasteiger partial charge < -0.3 is 33.9 Å². The first-order valence-electron chi connectivity index (χ1n) is 15.1. The fraction of sp³-hybridized carbons (Fsp3) is 0.324. The molecule has 5 rings (SSSR count). The molecule has 2 atom stereocenters. The summed E-state index contributed by atoms with van der Waals surface area (Å²) in [6.45, 7) is 0.890. The van der Waals surface area contributed by atoms with Crippen LogP contribution in [0, 0.1) is 0 Å². The topological polar surface area (TPSA) is 107 Å². The van der Waals surface area contributed by atoms with Gasteiger partial charge in [-0.15, -0.1) is 0 Å². The minimum atomic E-state index is -1.22. The predicted octanol–water partition coefficient (Wildman–Crippen LogP) is 5.47. The lowest BCUT2D eigenvalue weighted by molar-refractivity contribution is -0.138. The number of hydrogen-bond donors (Lipinski definition) is 2. The fourth-order valence-electron chi connectivity index (χ4n) is 6.37. The highest BCUT2D eigenvalue weighted by molar-refractivity contribution is 5.67. The van der Waals surface area contributed by atoms with E-state index >= 15 is 0 Å². The van der Waals surface area contributed by atoms with Crippen LogP contribution in [0.15, 0.2) is 97.1 Å². The zero-order chi connectivity index (χ0) is 32.7. The van der Waals surface area contributed by atoms with Gasteiger partial charge in [-0.3, -0.25) is 9.69 Å². The lowest BCUT2D eigenvalue weighted by Gasteiger charge is -2.37. The molecular weight excluding hydrogens is 586 g/mol. The number of benzene rings is 4. The number of rotatable bonds is 14. The first-order chi connectivity index (χ1) is 22.2. The van der Waals surface area contributed by atoms with Crippen LogP contribution >= 0.6 is 0 Å². The van der Waals surface area contributed by atoms with E-state index in [2.05, 4.69) is 0 Å². The average molecular weight is 628 g/mol. The Morgan fingerprint density at radius 3 is 1.48 bits per heavy atom. The van der Waals surface area contributed by atoms with Crippen molar-refractivity contribution in [2.24, 2.45) is 0 Å². The van der Waals surface area contributed by atoms with Crippen molar-refractivity contribution in [3.63, 3.8) is 0 Å². The van der Waals surface area contributed by atoms with Gasteiger partial charge in [-0.25, -0.2) is 0 Å². The van der Waals surface area contributed by atoms with E-state index in [9.17, 15) is 15.0 Å². The predicted molar refractivity (Wildman–Crippen MR) is 174 cm³/mol. The Bertz CT molecular complexity index is 1460. The second-order valence-electron chi connectivity index (χ2n) is 11.4. The van der Waals surface area contributed by atoms with Gasteiger partial charge in [0.25, 0.3) is 0 Å². The maximum absolute atomic E-state index is 11.9. The Morgan fingerprint density at radius 1 is 0.717 bits per heavy atom. The molecule has 9 heteroatoms. The van der Waals surface area contributed by atoms with Crippen molar-refractivity contribution in [3.8, 4) is 23.0 Å². The Labute approximate surface area is 269 Å². The maximum Gasteiger partial charge on any atom is 0.304 e. The van der Waals surface area contributed by atoms with Crippen molar-refractivity contribution >= 4 is 5.97 Å². The van der Waals surface area contributed by atoms with Gasteiger partial charge in [-0.2, -0.15) is 0 Å². The molecule has 0 bridgehead atoms. The van der Waals surface area contributed by atoms with E-state index < -0.39 is 17.2 Å². The largest absolute Gasteiger partial charge is 0.497 e. The van der Waals surface area contributed by atoms with Crippen molar-refractivity contribution in [1.82, 2.24) is 4.90 Å². The molecule has 0 spiro atoms. The monoisotopic (exact) mass is 627 g/mol. The zero-order valence-electron chi connectivity index (χ0n) is 26.6. The molecule has 1 fully saturated rings. The lowest BCUT2D eigenvalue weighted by atomic mass is 9.80. The summed E-state index contributed by atoms with van der Waals surface area (Å²) in [6, 6.07) is 30.2. The molecule has 0 aromatic heterocycles. The maximum atomic E-state index is 11.9. The van der Waals surface area contributed by atoms with Gasteiger partial charge in [0.05, 0.1) is 41.5 Å². The van der Waals surface area contributed by atoms with Gasteiger partial charge in [0.1, 0.15) is 34.2 Å². The summed E-state index contributed by atoms with van der Waals surface area (Å²) in [5.74, 6) is 1.92. The number of ether oxygens (including phenoxy) is 5. The third-order valence-corrected chi connectivity index (χ3v) is 8.78. The standard InChI is InChI=1S/C37H41NO8/c1-42-31-13-5-26(6-14-31)36(41)24-30(23-35(39)40)38(25-36)21-22-46-37(27-7-15-32(43-2)16-8-27,28-9-17-33(44-3)18-10-28)29-11-19-34(45-4)20-12-29/h5-20,30,41H,21-25H2,1-4H3,(H,39,40)/t30-,36-/m0/s1. The molecule has 4 aromatic carbocycles. The molecule has 1 heterocycles. The van der Waals surface area contributed by atoms with Crippen molar-refractivity contribution in [2.45, 2.75) is 30.1 Å². The van der Waals surface area contributed by atoms with Crippen LogP contribution in [0.2, 0.25) is 0 Å². The zero-order valence-corrected chi connectivity index (χ0v) is 26.6. The molecule has 2 N–H and O–H groups in total. The number of aliphatic carboxylic acids is 1. The normalized spacial score (nSPS) is 18.2. The molecule has 0 aliphatic carbocycles. The van der Waals surface area contributed by atoms with Gasteiger partial charge in [0.15, 0.2) is 0 Å². The second kappa shape index (κ2) is 14.2. The number of likely N-dealkylation sites (tertiary alicyclic amines) is 1. The van der Waals surface area contributed by atoms with Crippen LogP contribution in [0.5, 0.6) is 23.0 Å². The smallest absolute Gasteiger partial charge is 0.304 e. The minimum absolute atomic E-state index is 0.0982. The first kappa shape index (κ1) is 32.8. The Kier molecular flexibility index (Phi) is 10.2. The number of carboxylic acid groups (broad SMARTS) is 1. The molecule has 1 aliphatic rings. The second-order valence-corrected chi connectivity index (χ2v) is 11.4. The Morgan fingerprint density at radius 2 is 1.11 bits per heavy atom. The molecular formula is C37H41NO8. The van der Waals surface area contributed by atoms with Crippen LogP contribution in [0.25, 0.3) is 0 Å². The van der Waals surface area contributed by atoms with E-state index in [-0.39, 0.29) is 32.0 Å². The quantitative estimate of drug-likeness (QED) is 0.176. The third kappa shape index (κ3) is 6.82. The summed E-state index contributed by atoms with van der Waals surface area (Å²) in [4.78, 5) is 13.9. The number of aliphatic hydroxyl groups is 1. The molecule has 1 saturated heterocycles. The molecule has 46 heavy (non-hydrogen) atoms. The van der Waals surface area contributed by atoms with E-state index in [4.69, 9.17) is 23.7 Å². The van der Waals surface area contributed by atoms with Crippen molar-refractivity contribution < 1.29 is 38.7 Å². The highest BCUT2D eigenvalue weighted by atomic mass is 16.5. The van der Waals surface area contributed by atoms with Crippen LogP contribution in [0.1, 0.15) is 35.1 Å². The van der Waals surface area contributed by atoms with Crippen molar-refractivity contribution in [2.75, 3.05) is 48.1 Å². The van der Waals surface area contributed by atoms with Crippen LogP contribution in [0.4, 0.5) is 0 Å². The molecule has 0 unspecified atom stereocenters. The lowest BCUT2D eigenvalue weighted by Crippen LogP contribution is -2.39. The molecule has 4 aromatic rings. The van der Waals surface area contributed by atoms with Gasteiger partial charge in [-0.1, -0.05) is 48.5 Å². The number of β-amino-alcohol motifs (C(OH)–C–C–N with tert-alkyl or cyclic N) is 1. The van der Waals surface area contributed by atoms with Gasteiger partial charge in [-0.05, 0) is 77.2 Å². The molecule has 0 saturated carbocycles. The van der Waals surface area contributed by atoms with E-state index in [1.165, 1.54) is 0 Å². The average Bonchev–Trinajstić information content (AvgIpc) is 3.41. The van der Waals surface area contributed by atoms with Crippen molar-refractivity contribution in [3.05, 3.63) is 119 Å². The number of hydrogen-bond acceptors (Lipinski definition) is 8. The van der Waals surface area contributed by atoms with E-state index in [1.807, 2.05) is 89.8 Å². The number of methoxy groups -OCH3 is 4. The van der Waals surface area contributed by atoms with E-state index in [0.717, 1.165) is 22.3 Å². The fourth-order valence-corrected chi connectivity index (χ4v) is 6.37. The summed E-state index contributed by atoms with van der Waals surface area (Å²) >= 11 is 0. The first-order valence-corrected chi connectivity index (χ1v) is 15.1. The Balaban J connectivity index is 1.51.